The normalized spacial score (nSPS) is 13.1. The van der Waals surface area contributed by atoms with Crippen molar-refractivity contribution in [2.24, 2.45) is 0 Å². The molecule has 1 N–H and O–H groups in total. The third kappa shape index (κ3) is 2.32. The molecule has 1 aromatic heterocycles. The highest BCUT2D eigenvalue weighted by atomic mass is 35.5. The van der Waals surface area contributed by atoms with Crippen LogP contribution in [0.1, 0.15) is 31.6 Å². The van der Waals surface area contributed by atoms with Gasteiger partial charge in [-0.15, -0.1) is 0 Å². The summed E-state index contributed by atoms with van der Waals surface area (Å²) in [6.07, 6.45) is 2.66. The molecule has 0 bridgehead atoms. The van der Waals surface area contributed by atoms with Crippen molar-refractivity contribution in [2.45, 2.75) is 38.0 Å². The first-order chi connectivity index (χ1) is 8.58. The molecule has 1 aromatic carbocycles. The number of rotatable bonds is 4. The summed E-state index contributed by atoms with van der Waals surface area (Å²) < 4.78 is 26.1. The number of hydrogen-bond donors (Lipinski definition) is 1. The number of fused-ring (bicyclic) bond motifs is 1. The molecule has 2 rings (SSSR count). The zero-order valence-electron chi connectivity index (χ0n) is 10.3. The van der Waals surface area contributed by atoms with Crippen LogP contribution in [0.3, 0.4) is 0 Å². The Bertz CT molecular complexity index is 604. The molecule has 18 heavy (non-hydrogen) atoms. The molecule has 98 valence electrons. The van der Waals surface area contributed by atoms with Gasteiger partial charge in [0.2, 0.25) is 0 Å². The molecular formula is C13H15ClO3S. The highest BCUT2D eigenvalue weighted by Gasteiger charge is 2.16. The van der Waals surface area contributed by atoms with Crippen LogP contribution in [0.5, 0.6) is 0 Å². The fourth-order valence-corrected chi connectivity index (χ4v) is 2.91. The number of benzene rings is 1. The van der Waals surface area contributed by atoms with Crippen molar-refractivity contribution < 1.29 is 13.2 Å². The molecule has 0 aliphatic rings. The van der Waals surface area contributed by atoms with Gasteiger partial charge in [-0.25, -0.2) is 4.21 Å². The van der Waals surface area contributed by atoms with Gasteiger partial charge in [0.25, 0.3) is 0 Å². The van der Waals surface area contributed by atoms with Crippen molar-refractivity contribution in [1.82, 2.24) is 0 Å². The van der Waals surface area contributed by atoms with E-state index in [1.807, 2.05) is 6.92 Å². The van der Waals surface area contributed by atoms with Crippen LogP contribution in [0.25, 0.3) is 11.0 Å². The molecule has 0 amide bonds. The van der Waals surface area contributed by atoms with E-state index in [9.17, 15) is 4.21 Å². The first kappa shape index (κ1) is 13.6. The largest absolute Gasteiger partial charge is 0.459 e. The minimum Gasteiger partial charge on any atom is -0.459 e. The lowest BCUT2D eigenvalue weighted by Crippen LogP contribution is -1.90. The smallest absolute Gasteiger partial charge is 0.186 e. The van der Waals surface area contributed by atoms with Crippen molar-refractivity contribution in [1.29, 1.82) is 0 Å². The lowest BCUT2D eigenvalue weighted by atomic mass is 10.1. The molecule has 0 saturated carbocycles. The third-order valence-corrected chi connectivity index (χ3v) is 3.86. The van der Waals surface area contributed by atoms with Crippen LogP contribution in [-0.4, -0.2) is 8.76 Å². The monoisotopic (exact) mass is 286 g/mol. The van der Waals surface area contributed by atoms with E-state index in [0.29, 0.717) is 15.5 Å². The van der Waals surface area contributed by atoms with E-state index < -0.39 is 11.1 Å². The van der Waals surface area contributed by atoms with Gasteiger partial charge < -0.3 is 8.97 Å². The summed E-state index contributed by atoms with van der Waals surface area (Å²) in [5.41, 5.74) is 1.70. The molecule has 0 radical (unpaired) electrons. The van der Waals surface area contributed by atoms with Crippen molar-refractivity contribution in [3.8, 4) is 0 Å². The van der Waals surface area contributed by atoms with Gasteiger partial charge in [-0.2, -0.15) is 0 Å². The summed E-state index contributed by atoms with van der Waals surface area (Å²) >= 11 is 4.08. The van der Waals surface area contributed by atoms with Crippen LogP contribution >= 0.6 is 11.6 Å². The Kier molecular flexibility index (Phi) is 4.10. The maximum Gasteiger partial charge on any atom is 0.186 e. The predicted molar refractivity (Wildman–Crippen MR) is 73.6 cm³/mol. The first-order valence-electron chi connectivity index (χ1n) is 5.93. The van der Waals surface area contributed by atoms with Gasteiger partial charge in [0.05, 0.1) is 9.92 Å². The highest BCUT2D eigenvalue weighted by Crippen LogP contribution is 2.34. The number of aryl methyl sites for hydroxylation is 2. The minimum atomic E-state index is -2.03. The second kappa shape index (κ2) is 5.43. The van der Waals surface area contributed by atoms with E-state index in [-0.39, 0.29) is 0 Å². The van der Waals surface area contributed by atoms with E-state index >= 15 is 0 Å². The Morgan fingerprint density at radius 3 is 2.67 bits per heavy atom. The maximum absolute atomic E-state index is 11.2. The van der Waals surface area contributed by atoms with Crippen LogP contribution in [0.2, 0.25) is 5.02 Å². The Labute approximate surface area is 113 Å². The molecule has 0 aliphatic heterocycles. The Balaban J connectivity index is 2.72. The van der Waals surface area contributed by atoms with E-state index in [0.717, 1.165) is 36.0 Å². The van der Waals surface area contributed by atoms with Gasteiger partial charge in [0, 0.05) is 17.4 Å². The SMILES string of the molecule is CCCc1oc2c(Cl)cc(S(=O)O)cc2c1CC. The van der Waals surface area contributed by atoms with Crippen LogP contribution in [-0.2, 0) is 23.9 Å². The molecule has 0 saturated heterocycles. The van der Waals surface area contributed by atoms with Crippen molar-refractivity contribution in [3.05, 3.63) is 28.5 Å². The second-order valence-electron chi connectivity index (χ2n) is 4.14. The third-order valence-electron chi connectivity index (χ3n) is 2.94. The molecule has 1 heterocycles. The molecule has 0 aliphatic carbocycles. The fourth-order valence-electron chi connectivity index (χ4n) is 2.15. The van der Waals surface area contributed by atoms with Gasteiger partial charge in [0.15, 0.2) is 16.7 Å². The maximum atomic E-state index is 11.2. The lowest BCUT2D eigenvalue weighted by Gasteiger charge is -1.99. The van der Waals surface area contributed by atoms with E-state index in [2.05, 4.69) is 6.92 Å². The molecule has 5 heteroatoms. The quantitative estimate of drug-likeness (QED) is 0.858. The summed E-state index contributed by atoms with van der Waals surface area (Å²) in [5.74, 6) is 0.928. The number of hydrogen-bond acceptors (Lipinski definition) is 2. The van der Waals surface area contributed by atoms with Crippen LogP contribution in [0.15, 0.2) is 21.4 Å². The fraction of sp³-hybridized carbons (Fsp3) is 0.385. The number of furan rings is 1. The second-order valence-corrected chi connectivity index (χ2v) is 5.52. The molecule has 1 atom stereocenters. The highest BCUT2D eigenvalue weighted by molar-refractivity contribution is 7.79. The molecule has 1 unspecified atom stereocenters. The van der Waals surface area contributed by atoms with Crippen molar-refractivity contribution >= 4 is 33.7 Å². The van der Waals surface area contributed by atoms with Gasteiger partial charge in [0.1, 0.15) is 5.76 Å². The molecule has 0 fully saturated rings. The minimum absolute atomic E-state index is 0.311. The average molecular weight is 287 g/mol. The van der Waals surface area contributed by atoms with Crippen LogP contribution in [0.4, 0.5) is 0 Å². The molecular weight excluding hydrogens is 272 g/mol. The zero-order chi connectivity index (χ0) is 13.3. The van der Waals surface area contributed by atoms with Crippen LogP contribution < -0.4 is 0 Å². The summed E-state index contributed by atoms with van der Waals surface area (Å²) in [4.78, 5) is 0.311. The zero-order valence-corrected chi connectivity index (χ0v) is 11.9. The predicted octanol–water partition coefficient (Wildman–Crippen LogP) is 4.18. The van der Waals surface area contributed by atoms with Crippen LogP contribution in [0, 0.1) is 0 Å². The summed E-state index contributed by atoms with van der Waals surface area (Å²) in [6.45, 7) is 4.13. The summed E-state index contributed by atoms with van der Waals surface area (Å²) in [5, 5.41) is 1.24. The van der Waals surface area contributed by atoms with Gasteiger partial charge >= 0.3 is 0 Å². The first-order valence-corrected chi connectivity index (χ1v) is 7.41. The standard InChI is InChI=1S/C13H15ClO3S/c1-3-5-12-9(4-2)10-6-8(18(15)16)7-11(14)13(10)17-12/h6-7H,3-5H2,1-2H3,(H,15,16). The van der Waals surface area contributed by atoms with E-state index in [1.54, 1.807) is 6.07 Å². The lowest BCUT2D eigenvalue weighted by molar-refractivity contribution is 0.538. The Morgan fingerprint density at radius 1 is 1.39 bits per heavy atom. The molecule has 0 spiro atoms. The number of halogens is 1. The van der Waals surface area contributed by atoms with Gasteiger partial charge in [-0.05, 0) is 25.0 Å². The topological polar surface area (TPSA) is 50.4 Å². The van der Waals surface area contributed by atoms with Crippen molar-refractivity contribution in [3.63, 3.8) is 0 Å². The Morgan fingerprint density at radius 2 is 2.11 bits per heavy atom. The Hall–Kier alpha value is -0.840. The molecule has 2 aromatic rings. The van der Waals surface area contributed by atoms with E-state index in [4.69, 9.17) is 20.6 Å². The van der Waals surface area contributed by atoms with E-state index in [1.165, 1.54) is 6.07 Å². The van der Waals surface area contributed by atoms with Gasteiger partial charge in [-0.3, -0.25) is 0 Å². The molecule has 3 nitrogen and oxygen atoms in total. The average Bonchev–Trinajstić information content (AvgIpc) is 2.67. The summed E-state index contributed by atoms with van der Waals surface area (Å²) in [6, 6.07) is 3.18. The van der Waals surface area contributed by atoms with Gasteiger partial charge in [-0.1, -0.05) is 25.4 Å². The van der Waals surface area contributed by atoms with Crippen molar-refractivity contribution in [2.75, 3.05) is 0 Å². The summed E-state index contributed by atoms with van der Waals surface area (Å²) in [7, 11) is 0.